The lowest BCUT2D eigenvalue weighted by Gasteiger charge is -2.37. The smallest absolute Gasteiger partial charge is 0.262 e. The molecule has 35 heavy (non-hydrogen) atoms. The van der Waals surface area contributed by atoms with E-state index >= 15 is 0 Å². The number of benzene rings is 1. The molecular formula is C24H34N6O4S. The number of piperazine rings is 1. The number of sulfonamides is 1. The highest BCUT2D eigenvalue weighted by atomic mass is 32.2. The summed E-state index contributed by atoms with van der Waals surface area (Å²) in [6.07, 6.45) is 4.64. The number of imidazole rings is 1. The van der Waals surface area contributed by atoms with Crippen LogP contribution in [0.4, 0.5) is 5.69 Å². The Hall–Kier alpha value is -2.92. The first-order valence-corrected chi connectivity index (χ1v) is 13.6. The number of carbonyl (C=O) groups excluding carboxylic acids is 2. The van der Waals surface area contributed by atoms with Crippen molar-refractivity contribution in [2.45, 2.75) is 30.7 Å². The summed E-state index contributed by atoms with van der Waals surface area (Å²) in [5, 5.41) is 2.82. The van der Waals surface area contributed by atoms with Crippen LogP contribution in [-0.4, -0.2) is 84.8 Å². The van der Waals surface area contributed by atoms with Crippen LogP contribution in [0.5, 0.6) is 0 Å². The molecule has 2 aliphatic heterocycles. The van der Waals surface area contributed by atoms with Gasteiger partial charge in [0.25, 0.3) is 10.0 Å². The summed E-state index contributed by atoms with van der Waals surface area (Å²) in [6, 6.07) is 10.2. The van der Waals surface area contributed by atoms with Crippen LogP contribution in [0.25, 0.3) is 0 Å². The zero-order valence-electron chi connectivity index (χ0n) is 20.2. The van der Waals surface area contributed by atoms with E-state index in [0.717, 1.165) is 18.8 Å². The highest BCUT2D eigenvalue weighted by Crippen LogP contribution is 2.22. The maximum atomic E-state index is 13.4. The fourth-order valence-electron chi connectivity index (χ4n) is 4.69. The van der Waals surface area contributed by atoms with Gasteiger partial charge in [-0.1, -0.05) is 18.2 Å². The summed E-state index contributed by atoms with van der Waals surface area (Å²) in [6.45, 7) is 3.59. The zero-order chi connectivity index (χ0) is 24.8. The molecule has 1 N–H and O–H groups in total. The van der Waals surface area contributed by atoms with E-state index < -0.39 is 10.0 Å². The molecule has 2 aromatic rings. The van der Waals surface area contributed by atoms with E-state index in [1.54, 1.807) is 11.6 Å². The molecule has 10 nitrogen and oxygen atoms in total. The van der Waals surface area contributed by atoms with E-state index in [9.17, 15) is 18.0 Å². The Labute approximate surface area is 207 Å². The molecule has 2 saturated heterocycles. The molecule has 0 bridgehead atoms. The van der Waals surface area contributed by atoms with Gasteiger partial charge in [-0.25, -0.2) is 13.4 Å². The van der Waals surface area contributed by atoms with Crippen LogP contribution < -0.4 is 10.2 Å². The van der Waals surface area contributed by atoms with Gasteiger partial charge in [0.2, 0.25) is 11.8 Å². The number of anilines is 1. The van der Waals surface area contributed by atoms with E-state index in [1.165, 1.54) is 16.8 Å². The first-order valence-electron chi connectivity index (χ1n) is 12.2. The number of hydrogen-bond acceptors (Lipinski definition) is 6. The van der Waals surface area contributed by atoms with Gasteiger partial charge >= 0.3 is 0 Å². The zero-order valence-corrected chi connectivity index (χ0v) is 21.0. The van der Waals surface area contributed by atoms with Gasteiger partial charge in [0.1, 0.15) is 0 Å². The fourth-order valence-corrected chi connectivity index (χ4v) is 6.14. The van der Waals surface area contributed by atoms with Crippen LogP contribution in [-0.2, 0) is 26.7 Å². The molecule has 0 saturated carbocycles. The number of aryl methyl sites for hydroxylation is 1. The van der Waals surface area contributed by atoms with Gasteiger partial charge in [-0.2, -0.15) is 4.31 Å². The van der Waals surface area contributed by atoms with Crippen molar-refractivity contribution in [3.63, 3.8) is 0 Å². The summed E-state index contributed by atoms with van der Waals surface area (Å²) in [5.74, 6) is -0.378. The van der Waals surface area contributed by atoms with Crippen molar-refractivity contribution in [1.82, 2.24) is 24.1 Å². The van der Waals surface area contributed by atoms with Crippen molar-refractivity contribution in [2.24, 2.45) is 13.0 Å². The SMILES string of the molecule is Cn1cnc(S(=O)(=O)N2CCCC(C(=O)N3CCN(c4ccccc4)CC3)CCNC(=O)CC2)c1. The van der Waals surface area contributed by atoms with Gasteiger partial charge in [-0.05, 0) is 31.4 Å². The largest absolute Gasteiger partial charge is 0.368 e. The summed E-state index contributed by atoms with van der Waals surface area (Å²) >= 11 is 0. The minimum atomic E-state index is -3.81. The fraction of sp³-hybridized carbons (Fsp3) is 0.542. The highest BCUT2D eigenvalue weighted by Gasteiger charge is 2.30. The van der Waals surface area contributed by atoms with Crippen molar-refractivity contribution < 1.29 is 18.0 Å². The standard InChI is InChI=1S/C24H34N6O4S/c1-27-18-23(26-19-27)35(33,34)30-12-5-6-20(9-11-25-22(31)10-13-30)24(32)29-16-14-28(15-17-29)21-7-3-2-4-8-21/h2-4,7-8,18-20H,5-6,9-17H2,1H3,(H,25,31). The lowest BCUT2D eigenvalue weighted by molar-refractivity contribution is -0.136. The van der Waals surface area contributed by atoms with E-state index in [2.05, 4.69) is 27.3 Å². The molecule has 2 amide bonds. The Morgan fingerprint density at radius 3 is 2.46 bits per heavy atom. The second kappa shape index (κ2) is 11.2. The van der Waals surface area contributed by atoms with Crippen LogP contribution in [0.3, 0.4) is 0 Å². The van der Waals surface area contributed by atoms with Crippen molar-refractivity contribution >= 4 is 27.5 Å². The lowest BCUT2D eigenvalue weighted by Crippen LogP contribution is -2.50. The van der Waals surface area contributed by atoms with Crippen molar-refractivity contribution in [3.05, 3.63) is 42.9 Å². The number of nitrogens with one attached hydrogen (secondary N) is 1. The van der Waals surface area contributed by atoms with Crippen LogP contribution in [0, 0.1) is 5.92 Å². The molecule has 11 heteroatoms. The molecule has 190 valence electrons. The number of nitrogens with zero attached hydrogens (tertiary/aromatic N) is 5. The van der Waals surface area contributed by atoms with E-state index in [1.807, 2.05) is 23.1 Å². The molecule has 0 radical (unpaired) electrons. The van der Waals surface area contributed by atoms with Crippen LogP contribution in [0.15, 0.2) is 47.9 Å². The minimum absolute atomic E-state index is 0.0285. The quantitative estimate of drug-likeness (QED) is 0.670. The van der Waals surface area contributed by atoms with Crippen molar-refractivity contribution in [1.29, 1.82) is 0 Å². The second-order valence-corrected chi connectivity index (χ2v) is 11.0. The summed E-state index contributed by atoms with van der Waals surface area (Å²) in [4.78, 5) is 33.9. The molecule has 0 aliphatic carbocycles. The Balaban J connectivity index is 1.39. The van der Waals surface area contributed by atoms with Crippen molar-refractivity contribution in [3.8, 4) is 0 Å². The summed E-state index contributed by atoms with van der Waals surface area (Å²) in [5.41, 5.74) is 1.16. The number of para-hydroxylation sites is 1. The molecule has 4 rings (SSSR count). The summed E-state index contributed by atoms with van der Waals surface area (Å²) < 4.78 is 29.1. The van der Waals surface area contributed by atoms with E-state index in [0.29, 0.717) is 38.9 Å². The molecular weight excluding hydrogens is 468 g/mol. The monoisotopic (exact) mass is 502 g/mol. The first-order chi connectivity index (χ1) is 16.8. The average Bonchev–Trinajstić information content (AvgIpc) is 3.30. The van der Waals surface area contributed by atoms with Crippen LogP contribution in [0.2, 0.25) is 0 Å². The number of amides is 2. The van der Waals surface area contributed by atoms with Gasteiger partial charge in [-0.3, -0.25) is 9.59 Å². The minimum Gasteiger partial charge on any atom is -0.368 e. The van der Waals surface area contributed by atoms with E-state index in [-0.39, 0.29) is 42.3 Å². The third-order valence-corrected chi connectivity index (χ3v) is 8.50. The van der Waals surface area contributed by atoms with Gasteiger partial charge < -0.3 is 19.7 Å². The molecule has 1 aromatic carbocycles. The van der Waals surface area contributed by atoms with E-state index in [4.69, 9.17) is 0 Å². The maximum absolute atomic E-state index is 13.4. The number of rotatable bonds is 4. The maximum Gasteiger partial charge on any atom is 0.262 e. The predicted molar refractivity (Wildman–Crippen MR) is 132 cm³/mol. The molecule has 1 aromatic heterocycles. The molecule has 2 fully saturated rings. The van der Waals surface area contributed by atoms with Gasteiger partial charge in [-0.15, -0.1) is 0 Å². The van der Waals surface area contributed by atoms with Gasteiger partial charge in [0.15, 0.2) is 5.03 Å². The second-order valence-electron chi connectivity index (χ2n) is 9.16. The first kappa shape index (κ1) is 25.2. The number of aromatic nitrogens is 2. The summed E-state index contributed by atoms with van der Waals surface area (Å²) in [7, 11) is -2.10. The Bertz CT molecular complexity index is 1110. The van der Waals surface area contributed by atoms with Crippen LogP contribution in [0.1, 0.15) is 25.7 Å². The Morgan fingerprint density at radius 1 is 1.03 bits per heavy atom. The third-order valence-electron chi connectivity index (χ3n) is 6.71. The average molecular weight is 503 g/mol. The van der Waals surface area contributed by atoms with Crippen molar-refractivity contribution in [2.75, 3.05) is 50.7 Å². The van der Waals surface area contributed by atoms with Gasteiger partial charge in [0.05, 0.1) is 6.33 Å². The van der Waals surface area contributed by atoms with Gasteiger partial charge in [0, 0.05) is 77.1 Å². The normalized spacial score (nSPS) is 21.3. The molecule has 0 spiro atoms. The third kappa shape index (κ3) is 6.21. The number of hydrogen-bond donors (Lipinski definition) is 1. The molecule has 2 aliphatic rings. The molecule has 1 atom stereocenters. The Kier molecular flexibility index (Phi) is 8.07. The Morgan fingerprint density at radius 2 is 1.77 bits per heavy atom. The molecule has 3 heterocycles. The topological polar surface area (TPSA) is 108 Å². The van der Waals surface area contributed by atoms with Crippen LogP contribution >= 0.6 is 0 Å². The lowest BCUT2D eigenvalue weighted by atomic mass is 9.97. The predicted octanol–water partition coefficient (Wildman–Crippen LogP) is 1.07. The number of carbonyl (C=O) groups is 2. The highest BCUT2D eigenvalue weighted by molar-refractivity contribution is 7.89. The molecule has 1 unspecified atom stereocenters.